The van der Waals surface area contributed by atoms with Crippen molar-refractivity contribution in [3.05, 3.63) is 59.4 Å². The molecule has 1 unspecified atom stereocenters. The Balaban J connectivity index is 1.59. The first-order valence-electron chi connectivity index (χ1n) is 7.59. The summed E-state index contributed by atoms with van der Waals surface area (Å²) in [6.07, 6.45) is 3.81. The van der Waals surface area contributed by atoms with Crippen LogP contribution in [0.25, 0.3) is 10.2 Å². The Kier molecular flexibility index (Phi) is 3.84. The molecule has 4 nitrogen and oxygen atoms in total. The van der Waals surface area contributed by atoms with Gasteiger partial charge in [-0.25, -0.2) is 4.98 Å². The van der Waals surface area contributed by atoms with Crippen LogP contribution >= 0.6 is 11.3 Å². The number of fused-ring (bicyclic) bond motifs is 1. The topological polar surface area (TPSA) is 41.1 Å². The molecule has 0 aliphatic carbocycles. The molecule has 1 fully saturated rings. The van der Waals surface area contributed by atoms with Gasteiger partial charge < -0.3 is 5.32 Å². The van der Waals surface area contributed by atoms with Crippen molar-refractivity contribution < 1.29 is 0 Å². The van der Waals surface area contributed by atoms with Crippen molar-refractivity contribution in [3.8, 4) is 0 Å². The van der Waals surface area contributed by atoms with Crippen molar-refractivity contribution in [2.45, 2.75) is 12.6 Å². The highest BCUT2D eigenvalue weighted by molar-refractivity contribution is 7.18. The van der Waals surface area contributed by atoms with E-state index in [1.165, 1.54) is 15.3 Å². The number of aromatic nitrogens is 2. The lowest BCUT2D eigenvalue weighted by molar-refractivity contribution is 0.153. The van der Waals surface area contributed by atoms with Crippen LogP contribution in [0.4, 0.5) is 0 Å². The number of piperazine rings is 1. The molecule has 3 aromatic rings. The summed E-state index contributed by atoms with van der Waals surface area (Å²) < 4.78 is 1.27. The van der Waals surface area contributed by atoms with Crippen LogP contribution in [0.5, 0.6) is 0 Å². The monoisotopic (exact) mass is 310 g/mol. The zero-order valence-corrected chi connectivity index (χ0v) is 13.1. The molecular weight excluding hydrogens is 292 g/mol. The molecule has 112 valence electrons. The molecule has 1 atom stereocenters. The molecule has 1 aromatic carbocycles. The van der Waals surface area contributed by atoms with Gasteiger partial charge in [0, 0.05) is 38.1 Å². The first kappa shape index (κ1) is 13.8. The Bertz CT molecular complexity index is 722. The van der Waals surface area contributed by atoms with Crippen LogP contribution in [0.1, 0.15) is 16.6 Å². The predicted molar refractivity (Wildman–Crippen MR) is 89.9 cm³/mol. The normalized spacial score (nSPS) is 19.5. The number of benzene rings is 1. The van der Waals surface area contributed by atoms with E-state index in [1.54, 1.807) is 11.3 Å². The van der Waals surface area contributed by atoms with Gasteiger partial charge in [0.25, 0.3) is 0 Å². The average molecular weight is 310 g/mol. The first-order chi connectivity index (χ1) is 10.9. The standard InChI is InChI=1S/C17H18N4S/c1-2-6-16-14(5-1)20-17(22-16)12-21-9-8-19-11-15(21)13-4-3-7-18-10-13/h1-7,10,15,19H,8-9,11-12H2. The second-order valence-electron chi connectivity index (χ2n) is 5.55. The van der Waals surface area contributed by atoms with Gasteiger partial charge in [-0.1, -0.05) is 18.2 Å². The largest absolute Gasteiger partial charge is 0.314 e. The van der Waals surface area contributed by atoms with E-state index in [-0.39, 0.29) is 0 Å². The molecule has 1 aliphatic rings. The zero-order valence-electron chi connectivity index (χ0n) is 12.3. The molecule has 0 bridgehead atoms. The third-order valence-electron chi connectivity index (χ3n) is 4.10. The van der Waals surface area contributed by atoms with Crippen LogP contribution in [-0.2, 0) is 6.54 Å². The van der Waals surface area contributed by atoms with Crippen LogP contribution in [0.2, 0.25) is 0 Å². The van der Waals surface area contributed by atoms with Crippen molar-refractivity contribution in [2.75, 3.05) is 19.6 Å². The lowest BCUT2D eigenvalue weighted by Gasteiger charge is -2.35. The van der Waals surface area contributed by atoms with E-state index in [2.05, 4.69) is 45.5 Å². The summed E-state index contributed by atoms with van der Waals surface area (Å²) in [6.45, 7) is 3.94. The molecule has 0 radical (unpaired) electrons. The third-order valence-corrected chi connectivity index (χ3v) is 5.12. The fourth-order valence-electron chi connectivity index (χ4n) is 3.00. The minimum absolute atomic E-state index is 0.370. The maximum Gasteiger partial charge on any atom is 0.108 e. The van der Waals surface area contributed by atoms with Gasteiger partial charge in [0.05, 0.1) is 16.8 Å². The lowest BCUT2D eigenvalue weighted by Crippen LogP contribution is -2.45. The molecule has 1 N–H and O–H groups in total. The van der Waals surface area contributed by atoms with Gasteiger partial charge in [-0.3, -0.25) is 9.88 Å². The number of para-hydroxylation sites is 1. The summed E-state index contributed by atoms with van der Waals surface area (Å²) in [5.74, 6) is 0. The van der Waals surface area contributed by atoms with E-state index in [1.807, 2.05) is 18.5 Å². The van der Waals surface area contributed by atoms with Crippen LogP contribution in [0, 0.1) is 0 Å². The second-order valence-corrected chi connectivity index (χ2v) is 6.67. The molecule has 0 saturated carbocycles. The quantitative estimate of drug-likeness (QED) is 0.807. The molecule has 0 amide bonds. The maximum absolute atomic E-state index is 4.78. The Morgan fingerprint density at radius 2 is 2.18 bits per heavy atom. The van der Waals surface area contributed by atoms with E-state index in [4.69, 9.17) is 4.98 Å². The van der Waals surface area contributed by atoms with Crippen molar-refractivity contribution in [1.82, 2.24) is 20.2 Å². The van der Waals surface area contributed by atoms with Crippen LogP contribution in [0.3, 0.4) is 0 Å². The maximum atomic E-state index is 4.78. The first-order valence-corrected chi connectivity index (χ1v) is 8.41. The second kappa shape index (κ2) is 6.12. The van der Waals surface area contributed by atoms with E-state index < -0.39 is 0 Å². The summed E-state index contributed by atoms with van der Waals surface area (Å²) in [4.78, 5) is 11.5. The number of nitrogens with one attached hydrogen (secondary N) is 1. The molecule has 0 spiro atoms. The van der Waals surface area contributed by atoms with Gasteiger partial charge in [0.15, 0.2) is 0 Å². The van der Waals surface area contributed by atoms with Gasteiger partial charge in [0.1, 0.15) is 5.01 Å². The summed E-state index contributed by atoms with van der Waals surface area (Å²) >= 11 is 1.80. The van der Waals surface area contributed by atoms with Gasteiger partial charge in [0.2, 0.25) is 0 Å². The zero-order chi connectivity index (χ0) is 14.8. The summed E-state index contributed by atoms with van der Waals surface area (Å²) in [6, 6.07) is 12.9. The van der Waals surface area contributed by atoms with Gasteiger partial charge >= 0.3 is 0 Å². The smallest absolute Gasteiger partial charge is 0.108 e. The van der Waals surface area contributed by atoms with E-state index in [9.17, 15) is 0 Å². The van der Waals surface area contributed by atoms with Crippen molar-refractivity contribution in [2.24, 2.45) is 0 Å². The molecule has 4 rings (SSSR count). The van der Waals surface area contributed by atoms with Crippen molar-refractivity contribution in [1.29, 1.82) is 0 Å². The highest BCUT2D eigenvalue weighted by Gasteiger charge is 2.24. The van der Waals surface area contributed by atoms with E-state index >= 15 is 0 Å². The number of hydrogen-bond donors (Lipinski definition) is 1. The molecule has 22 heavy (non-hydrogen) atoms. The fraction of sp³-hybridized carbons (Fsp3) is 0.294. The van der Waals surface area contributed by atoms with Crippen molar-refractivity contribution in [3.63, 3.8) is 0 Å². The van der Waals surface area contributed by atoms with Gasteiger partial charge in [-0.05, 0) is 23.8 Å². The number of nitrogens with zero attached hydrogens (tertiary/aromatic N) is 3. The third kappa shape index (κ3) is 2.75. The van der Waals surface area contributed by atoms with Gasteiger partial charge in [-0.15, -0.1) is 11.3 Å². The molecule has 1 saturated heterocycles. The van der Waals surface area contributed by atoms with Crippen LogP contribution in [-0.4, -0.2) is 34.5 Å². The summed E-state index contributed by atoms with van der Waals surface area (Å²) in [5, 5.41) is 4.68. The highest BCUT2D eigenvalue weighted by Crippen LogP contribution is 2.27. The van der Waals surface area contributed by atoms with E-state index in [0.29, 0.717) is 6.04 Å². The van der Waals surface area contributed by atoms with Gasteiger partial charge in [-0.2, -0.15) is 0 Å². The minimum atomic E-state index is 0.370. The molecule has 3 heterocycles. The molecule has 2 aromatic heterocycles. The minimum Gasteiger partial charge on any atom is -0.314 e. The number of thiazole rings is 1. The summed E-state index contributed by atoms with van der Waals surface area (Å²) in [5.41, 5.74) is 2.38. The van der Waals surface area contributed by atoms with Crippen molar-refractivity contribution >= 4 is 21.6 Å². The van der Waals surface area contributed by atoms with E-state index in [0.717, 1.165) is 31.7 Å². The Morgan fingerprint density at radius 3 is 3.05 bits per heavy atom. The lowest BCUT2D eigenvalue weighted by atomic mass is 10.1. The number of pyridine rings is 1. The Hall–Kier alpha value is -1.82. The molecule has 5 heteroatoms. The number of hydrogen-bond acceptors (Lipinski definition) is 5. The Labute approximate surface area is 133 Å². The Morgan fingerprint density at radius 1 is 1.23 bits per heavy atom. The van der Waals surface area contributed by atoms with Crippen LogP contribution < -0.4 is 5.32 Å². The number of rotatable bonds is 3. The highest BCUT2D eigenvalue weighted by atomic mass is 32.1. The summed E-state index contributed by atoms with van der Waals surface area (Å²) in [7, 11) is 0. The SMILES string of the molecule is c1cncc(C2CNCCN2Cc2nc3ccccc3s2)c1. The van der Waals surface area contributed by atoms with Crippen LogP contribution in [0.15, 0.2) is 48.8 Å². The average Bonchev–Trinajstić information content (AvgIpc) is 2.98. The fourth-order valence-corrected chi connectivity index (χ4v) is 3.99. The molecular formula is C17H18N4S. The molecule has 1 aliphatic heterocycles. The predicted octanol–water partition coefficient (Wildman–Crippen LogP) is 2.84.